The Morgan fingerprint density at radius 3 is 3.00 bits per heavy atom. The van der Waals surface area contributed by atoms with Crippen LogP contribution in [0.15, 0.2) is 16.5 Å². The van der Waals surface area contributed by atoms with Crippen molar-refractivity contribution < 1.29 is 9.25 Å². The van der Waals surface area contributed by atoms with Gasteiger partial charge in [-0.1, -0.05) is 0 Å². The van der Waals surface area contributed by atoms with E-state index in [-0.39, 0.29) is 0 Å². The highest BCUT2D eigenvalue weighted by atomic mass is 35.5. The van der Waals surface area contributed by atoms with Gasteiger partial charge in [0.25, 0.3) is 0 Å². The summed E-state index contributed by atoms with van der Waals surface area (Å²) in [5.74, 6) is 0.708. The Morgan fingerprint density at radius 1 is 1.70 bits per heavy atom. The average molecular weight is 162 g/mol. The molecule has 0 aliphatic rings. The van der Waals surface area contributed by atoms with Gasteiger partial charge in [0.2, 0.25) is 0 Å². The number of hydrogen-bond donors (Lipinski definition) is 1. The molecule has 0 saturated carbocycles. The predicted molar refractivity (Wildman–Crippen MR) is 37.6 cm³/mol. The first-order chi connectivity index (χ1) is 4.83. The van der Waals surface area contributed by atoms with Gasteiger partial charge in [-0.3, -0.25) is 4.84 Å². The van der Waals surface area contributed by atoms with Crippen molar-refractivity contribution in [3.63, 3.8) is 0 Å². The topological polar surface area (TPSA) is 34.4 Å². The summed E-state index contributed by atoms with van der Waals surface area (Å²) < 4.78 is 4.99. The summed E-state index contributed by atoms with van der Waals surface area (Å²) >= 11 is 5.50. The predicted octanol–water partition coefficient (Wildman–Crippen LogP) is 1.58. The normalized spacial score (nSPS) is 10.2. The molecule has 0 spiro atoms. The summed E-state index contributed by atoms with van der Waals surface area (Å²) in [5, 5.41) is 0.384. The Labute approximate surface area is 63.9 Å². The van der Waals surface area contributed by atoms with Crippen molar-refractivity contribution in [2.75, 3.05) is 7.05 Å². The van der Waals surface area contributed by atoms with E-state index in [0.29, 0.717) is 17.6 Å². The molecule has 1 rings (SSSR count). The number of halogens is 1. The number of hydroxylamine groups is 1. The van der Waals surface area contributed by atoms with E-state index >= 15 is 0 Å². The monoisotopic (exact) mass is 161 g/mol. The van der Waals surface area contributed by atoms with Crippen LogP contribution in [0.3, 0.4) is 0 Å². The van der Waals surface area contributed by atoms with Gasteiger partial charge in [-0.25, -0.2) is 5.48 Å². The average Bonchev–Trinajstić information content (AvgIpc) is 2.31. The van der Waals surface area contributed by atoms with E-state index in [9.17, 15) is 0 Å². The van der Waals surface area contributed by atoms with E-state index in [0.717, 1.165) is 0 Å². The van der Waals surface area contributed by atoms with Gasteiger partial charge in [0.05, 0.1) is 0 Å². The summed E-state index contributed by atoms with van der Waals surface area (Å²) in [5.41, 5.74) is 2.52. The third-order valence-corrected chi connectivity index (χ3v) is 1.19. The quantitative estimate of drug-likeness (QED) is 0.684. The standard InChI is InChI=1S/C6H8ClNO2/c1-8-9-4-5-2-3-6(7)10-5/h2-3,8H,4H2,1H3. The SMILES string of the molecule is CNOCc1ccc(Cl)o1. The molecular weight excluding hydrogens is 154 g/mol. The molecule has 1 aromatic heterocycles. The highest BCUT2D eigenvalue weighted by Gasteiger charge is 1.97. The zero-order valence-electron chi connectivity index (χ0n) is 5.56. The molecule has 0 unspecified atom stereocenters. The molecule has 1 N–H and O–H groups in total. The van der Waals surface area contributed by atoms with Crippen molar-refractivity contribution in [2.24, 2.45) is 0 Å². The van der Waals surface area contributed by atoms with Gasteiger partial charge in [0, 0.05) is 7.05 Å². The molecule has 1 aromatic rings. The fraction of sp³-hybridized carbons (Fsp3) is 0.333. The fourth-order valence-corrected chi connectivity index (χ4v) is 0.735. The molecule has 3 nitrogen and oxygen atoms in total. The van der Waals surface area contributed by atoms with Crippen LogP contribution in [0.4, 0.5) is 0 Å². The first kappa shape index (κ1) is 7.60. The van der Waals surface area contributed by atoms with Crippen molar-refractivity contribution in [1.82, 2.24) is 5.48 Å². The smallest absolute Gasteiger partial charge is 0.193 e. The number of rotatable bonds is 3. The van der Waals surface area contributed by atoms with Crippen molar-refractivity contribution >= 4 is 11.6 Å². The van der Waals surface area contributed by atoms with Gasteiger partial charge in [0.1, 0.15) is 12.4 Å². The van der Waals surface area contributed by atoms with Gasteiger partial charge in [-0.05, 0) is 23.7 Å². The van der Waals surface area contributed by atoms with Crippen LogP contribution in [0.1, 0.15) is 5.76 Å². The summed E-state index contributed by atoms with van der Waals surface area (Å²) in [4.78, 5) is 4.83. The molecule has 0 amide bonds. The van der Waals surface area contributed by atoms with Gasteiger partial charge >= 0.3 is 0 Å². The molecule has 1 heterocycles. The molecule has 0 radical (unpaired) electrons. The van der Waals surface area contributed by atoms with Crippen molar-refractivity contribution in [2.45, 2.75) is 6.61 Å². The maximum Gasteiger partial charge on any atom is 0.193 e. The van der Waals surface area contributed by atoms with Gasteiger partial charge in [0.15, 0.2) is 5.22 Å². The Kier molecular flexibility index (Phi) is 2.74. The lowest BCUT2D eigenvalue weighted by Gasteiger charge is -1.95. The van der Waals surface area contributed by atoms with E-state index in [1.807, 2.05) is 0 Å². The maximum absolute atomic E-state index is 5.50. The second-order valence-corrected chi connectivity index (χ2v) is 2.07. The summed E-state index contributed by atoms with van der Waals surface area (Å²) in [6.45, 7) is 0.392. The fourth-order valence-electron chi connectivity index (χ4n) is 0.573. The molecule has 0 saturated heterocycles. The summed E-state index contributed by atoms with van der Waals surface area (Å²) in [6.07, 6.45) is 0. The lowest BCUT2D eigenvalue weighted by atomic mass is 10.5. The highest BCUT2D eigenvalue weighted by molar-refractivity contribution is 6.28. The molecule has 56 valence electrons. The van der Waals surface area contributed by atoms with Crippen LogP contribution in [0.2, 0.25) is 5.22 Å². The Hall–Kier alpha value is -0.510. The molecule has 0 bridgehead atoms. The summed E-state index contributed by atoms with van der Waals surface area (Å²) in [6, 6.07) is 3.44. The number of furan rings is 1. The minimum Gasteiger partial charge on any atom is -0.447 e. The zero-order valence-corrected chi connectivity index (χ0v) is 6.31. The van der Waals surface area contributed by atoms with Gasteiger partial charge in [-0.15, -0.1) is 0 Å². The van der Waals surface area contributed by atoms with Gasteiger partial charge < -0.3 is 4.42 Å². The third kappa shape index (κ3) is 2.02. The van der Waals surface area contributed by atoms with Crippen LogP contribution in [0, 0.1) is 0 Å². The number of nitrogens with one attached hydrogen (secondary N) is 1. The largest absolute Gasteiger partial charge is 0.447 e. The molecule has 0 aliphatic heterocycles. The zero-order chi connectivity index (χ0) is 7.40. The van der Waals surface area contributed by atoms with Crippen LogP contribution in [0.5, 0.6) is 0 Å². The highest BCUT2D eigenvalue weighted by Crippen LogP contribution is 2.12. The Morgan fingerprint density at radius 2 is 2.50 bits per heavy atom. The molecule has 0 atom stereocenters. The van der Waals surface area contributed by atoms with Crippen LogP contribution in [0.25, 0.3) is 0 Å². The molecule has 10 heavy (non-hydrogen) atoms. The maximum atomic E-state index is 5.50. The Bertz CT molecular complexity index is 199. The van der Waals surface area contributed by atoms with E-state index in [1.54, 1.807) is 19.2 Å². The van der Waals surface area contributed by atoms with Crippen LogP contribution >= 0.6 is 11.6 Å². The second-order valence-electron chi connectivity index (χ2n) is 1.70. The van der Waals surface area contributed by atoms with E-state index in [4.69, 9.17) is 20.9 Å². The van der Waals surface area contributed by atoms with E-state index < -0.39 is 0 Å². The summed E-state index contributed by atoms with van der Waals surface area (Å²) in [7, 11) is 1.69. The minimum absolute atomic E-state index is 0.384. The van der Waals surface area contributed by atoms with E-state index in [1.165, 1.54) is 0 Å². The van der Waals surface area contributed by atoms with Crippen molar-refractivity contribution in [1.29, 1.82) is 0 Å². The molecule has 0 aromatic carbocycles. The minimum atomic E-state index is 0.384. The van der Waals surface area contributed by atoms with Crippen molar-refractivity contribution in [3.8, 4) is 0 Å². The molecule has 4 heteroatoms. The van der Waals surface area contributed by atoms with Crippen LogP contribution in [-0.2, 0) is 11.4 Å². The first-order valence-electron chi connectivity index (χ1n) is 2.85. The van der Waals surface area contributed by atoms with Crippen LogP contribution < -0.4 is 5.48 Å². The van der Waals surface area contributed by atoms with E-state index in [2.05, 4.69) is 5.48 Å². The Balaban J connectivity index is 2.42. The lowest BCUT2D eigenvalue weighted by molar-refractivity contribution is 0.0340. The van der Waals surface area contributed by atoms with Gasteiger partial charge in [-0.2, -0.15) is 0 Å². The first-order valence-corrected chi connectivity index (χ1v) is 3.23. The molecule has 0 fully saturated rings. The molecule has 0 aliphatic carbocycles. The van der Waals surface area contributed by atoms with Crippen LogP contribution in [-0.4, -0.2) is 7.05 Å². The number of hydrogen-bond acceptors (Lipinski definition) is 3. The second kappa shape index (κ2) is 3.61. The molecular formula is C6H8ClNO2. The third-order valence-electron chi connectivity index (χ3n) is 0.988. The lowest BCUT2D eigenvalue weighted by Crippen LogP contribution is -2.05. The van der Waals surface area contributed by atoms with Crippen molar-refractivity contribution in [3.05, 3.63) is 23.1 Å².